The predicted molar refractivity (Wildman–Crippen MR) is 58.8 cm³/mol. The number of nitrogens with zero attached hydrogens (tertiary/aromatic N) is 1. The second-order valence-corrected chi connectivity index (χ2v) is 3.95. The Bertz CT molecular complexity index is 437. The molecule has 0 bridgehead atoms. The second-order valence-electron chi connectivity index (χ2n) is 3.03. The summed E-state index contributed by atoms with van der Waals surface area (Å²) < 4.78 is 1.04. The molecular formula is C11H10BrN. The van der Waals surface area contributed by atoms with Gasteiger partial charge < -0.3 is 0 Å². The highest BCUT2D eigenvalue weighted by Gasteiger charge is 1.96. The molecule has 2 aromatic rings. The van der Waals surface area contributed by atoms with Crippen molar-refractivity contribution in [1.29, 1.82) is 0 Å². The summed E-state index contributed by atoms with van der Waals surface area (Å²) in [6, 6.07) is 8.48. The van der Waals surface area contributed by atoms with Crippen molar-refractivity contribution in [2.24, 2.45) is 0 Å². The van der Waals surface area contributed by atoms with E-state index in [1.165, 1.54) is 10.9 Å². The minimum atomic E-state index is 1.04. The van der Waals surface area contributed by atoms with Crippen LogP contribution in [0.1, 0.15) is 12.5 Å². The first-order valence-electron chi connectivity index (χ1n) is 4.34. The van der Waals surface area contributed by atoms with Crippen LogP contribution in [0.5, 0.6) is 0 Å². The summed E-state index contributed by atoms with van der Waals surface area (Å²) in [5, 5.41) is 1.20. The first-order chi connectivity index (χ1) is 6.29. The molecule has 0 aliphatic carbocycles. The van der Waals surface area contributed by atoms with Crippen molar-refractivity contribution in [1.82, 2.24) is 4.98 Å². The molecule has 0 radical (unpaired) electrons. The zero-order chi connectivity index (χ0) is 9.26. The third kappa shape index (κ3) is 1.73. The van der Waals surface area contributed by atoms with Gasteiger partial charge in [0.25, 0.3) is 0 Å². The minimum Gasteiger partial charge on any atom is -0.255 e. The largest absolute Gasteiger partial charge is 0.255 e. The van der Waals surface area contributed by atoms with Crippen LogP contribution in [-0.2, 0) is 6.42 Å². The summed E-state index contributed by atoms with van der Waals surface area (Å²) in [6.45, 7) is 2.16. The molecule has 0 amide bonds. The quantitative estimate of drug-likeness (QED) is 0.737. The molecule has 0 saturated heterocycles. The van der Waals surface area contributed by atoms with Gasteiger partial charge in [-0.15, -0.1) is 0 Å². The van der Waals surface area contributed by atoms with E-state index in [2.05, 4.69) is 52.1 Å². The average molecular weight is 236 g/mol. The van der Waals surface area contributed by atoms with Gasteiger partial charge in [0.1, 0.15) is 0 Å². The van der Waals surface area contributed by atoms with Crippen LogP contribution in [0.4, 0.5) is 0 Å². The predicted octanol–water partition coefficient (Wildman–Crippen LogP) is 3.56. The zero-order valence-electron chi connectivity index (χ0n) is 7.42. The molecule has 0 unspecified atom stereocenters. The molecule has 2 rings (SSSR count). The van der Waals surface area contributed by atoms with Crippen LogP contribution in [-0.4, -0.2) is 4.98 Å². The van der Waals surface area contributed by atoms with Gasteiger partial charge >= 0.3 is 0 Å². The Labute approximate surface area is 85.9 Å². The highest BCUT2D eigenvalue weighted by atomic mass is 79.9. The standard InChI is InChI=1S/C11H10BrN/c1-2-8-3-4-11-9(5-8)6-10(12)7-13-11/h3-7H,2H2,1H3. The van der Waals surface area contributed by atoms with Crippen LogP contribution in [0.25, 0.3) is 10.9 Å². The van der Waals surface area contributed by atoms with E-state index in [4.69, 9.17) is 0 Å². The van der Waals surface area contributed by atoms with Gasteiger partial charge in [0.05, 0.1) is 5.52 Å². The Hall–Kier alpha value is -0.890. The maximum absolute atomic E-state index is 4.31. The van der Waals surface area contributed by atoms with Crippen molar-refractivity contribution in [2.45, 2.75) is 13.3 Å². The normalized spacial score (nSPS) is 10.6. The van der Waals surface area contributed by atoms with E-state index in [-0.39, 0.29) is 0 Å². The van der Waals surface area contributed by atoms with Crippen molar-refractivity contribution in [3.63, 3.8) is 0 Å². The molecule has 1 nitrogen and oxygen atoms in total. The van der Waals surface area contributed by atoms with Gasteiger partial charge in [0, 0.05) is 16.1 Å². The van der Waals surface area contributed by atoms with Gasteiger partial charge in [0.2, 0.25) is 0 Å². The lowest BCUT2D eigenvalue weighted by molar-refractivity contribution is 1.14. The Morgan fingerprint density at radius 2 is 2.15 bits per heavy atom. The molecule has 0 N–H and O–H groups in total. The highest BCUT2D eigenvalue weighted by Crippen LogP contribution is 2.18. The zero-order valence-corrected chi connectivity index (χ0v) is 9.01. The van der Waals surface area contributed by atoms with E-state index in [1.54, 1.807) is 0 Å². The van der Waals surface area contributed by atoms with Crippen LogP contribution in [0.15, 0.2) is 34.9 Å². The Kier molecular flexibility index (Phi) is 2.32. The van der Waals surface area contributed by atoms with Crippen LogP contribution < -0.4 is 0 Å². The summed E-state index contributed by atoms with van der Waals surface area (Å²) >= 11 is 3.42. The molecule has 0 spiro atoms. The van der Waals surface area contributed by atoms with Gasteiger partial charge in [-0.05, 0) is 46.1 Å². The van der Waals surface area contributed by atoms with Gasteiger partial charge in [0.15, 0.2) is 0 Å². The number of pyridine rings is 1. The van der Waals surface area contributed by atoms with E-state index in [0.717, 1.165) is 16.4 Å². The lowest BCUT2D eigenvalue weighted by Crippen LogP contribution is -1.82. The van der Waals surface area contributed by atoms with E-state index >= 15 is 0 Å². The van der Waals surface area contributed by atoms with Gasteiger partial charge in [-0.1, -0.05) is 13.0 Å². The Morgan fingerprint density at radius 3 is 2.92 bits per heavy atom. The molecular weight excluding hydrogens is 226 g/mol. The monoisotopic (exact) mass is 235 g/mol. The number of hydrogen-bond donors (Lipinski definition) is 0. The molecule has 0 fully saturated rings. The third-order valence-electron chi connectivity index (χ3n) is 2.12. The second kappa shape index (κ2) is 3.46. The van der Waals surface area contributed by atoms with Crippen molar-refractivity contribution >= 4 is 26.8 Å². The van der Waals surface area contributed by atoms with Crippen molar-refractivity contribution in [3.8, 4) is 0 Å². The summed E-state index contributed by atoms with van der Waals surface area (Å²) in [7, 11) is 0. The molecule has 0 saturated carbocycles. The molecule has 1 aromatic heterocycles. The fraction of sp³-hybridized carbons (Fsp3) is 0.182. The number of halogens is 1. The SMILES string of the molecule is CCc1ccc2ncc(Br)cc2c1. The van der Waals surface area contributed by atoms with Crippen LogP contribution >= 0.6 is 15.9 Å². The Morgan fingerprint density at radius 1 is 1.31 bits per heavy atom. The molecule has 66 valence electrons. The summed E-state index contributed by atoms with van der Waals surface area (Å²) in [4.78, 5) is 4.31. The lowest BCUT2D eigenvalue weighted by Gasteiger charge is -2.00. The van der Waals surface area contributed by atoms with Crippen LogP contribution in [0, 0.1) is 0 Å². The molecule has 13 heavy (non-hydrogen) atoms. The van der Waals surface area contributed by atoms with Crippen LogP contribution in [0.3, 0.4) is 0 Å². The molecule has 0 atom stereocenters. The number of fused-ring (bicyclic) bond motifs is 1. The van der Waals surface area contributed by atoms with Crippen molar-refractivity contribution in [2.75, 3.05) is 0 Å². The molecule has 1 aromatic carbocycles. The first-order valence-corrected chi connectivity index (χ1v) is 5.13. The number of aromatic nitrogens is 1. The summed E-state index contributed by atoms with van der Waals surface area (Å²) in [5.41, 5.74) is 2.41. The van der Waals surface area contributed by atoms with E-state index in [9.17, 15) is 0 Å². The molecule has 0 aliphatic rings. The topological polar surface area (TPSA) is 12.9 Å². The van der Waals surface area contributed by atoms with E-state index in [1.807, 2.05) is 6.20 Å². The number of hydrogen-bond acceptors (Lipinski definition) is 1. The smallest absolute Gasteiger partial charge is 0.0703 e. The van der Waals surface area contributed by atoms with E-state index < -0.39 is 0 Å². The molecule has 0 aliphatic heterocycles. The average Bonchev–Trinajstić information content (AvgIpc) is 2.16. The summed E-state index contributed by atoms with van der Waals surface area (Å²) in [6.07, 6.45) is 2.90. The molecule has 2 heteroatoms. The molecule has 1 heterocycles. The van der Waals surface area contributed by atoms with Gasteiger partial charge in [-0.3, -0.25) is 4.98 Å². The first kappa shape index (κ1) is 8.70. The fourth-order valence-corrected chi connectivity index (χ4v) is 1.72. The van der Waals surface area contributed by atoms with E-state index in [0.29, 0.717) is 0 Å². The van der Waals surface area contributed by atoms with Gasteiger partial charge in [-0.25, -0.2) is 0 Å². The Balaban J connectivity index is 2.68. The van der Waals surface area contributed by atoms with Crippen molar-refractivity contribution in [3.05, 3.63) is 40.5 Å². The fourth-order valence-electron chi connectivity index (χ4n) is 1.37. The summed E-state index contributed by atoms with van der Waals surface area (Å²) in [5.74, 6) is 0. The lowest BCUT2D eigenvalue weighted by atomic mass is 10.1. The van der Waals surface area contributed by atoms with Crippen molar-refractivity contribution < 1.29 is 0 Å². The van der Waals surface area contributed by atoms with Crippen LogP contribution in [0.2, 0.25) is 0 Å². The van der Waals surface area contributed by atoms with Gasteiger partial charge in [-0.2, -0.15) is 0 Å². The number of benzene rings is 1. The number of aryl methyl sites for hydroxylation is 1. The maximum atomic E-state index is 4.31. The number of rotatable bonds is 1. The minimum absolute atomic E-state index is 1.04. The third-order valence-corrected chi connectivity index (χ3v) is 2.55. The highest BCUT2D eigenvalue weighted by molar-refractivity contribution is 9.10. The maximum Gasteiger partial charge on any atom is 0.0703 e.